The van der Waals surface area contributed by atoms with Gasteiger partial charge in [-0.15, -0.1) is 0 Å². The van der Waals surface area contributed by atoms with E-state index in [1.165, 1.54) is 6.20 Å². The number of nitrogens with two attached hydrogens (primary N) is 1. The number of fused-ring (bicyclic) bond motifs is 1. The summed E-state index contributed by atoms with van der Waals surface area (Å²) in [6.07, 6.45) is 3.75. The summed E-state index contributed by atoms with van der Waals surface area (Å²) in [5.41, 5.74) is 9.52. The molecule has 0 bridgehead atoms. The van der Waals surface area contributed by atoms with Crippen LogP contribution in [0.4, 0.5) is 0 Å². The Morgan fingerprint density at radius 1 is 1.17 bits per heavy atom. The van der Waals surface area contributed by atoms with Crippen molar-refractivity contribution < 1.29 is 4.79 Å². The van der Waals surface area contributed by atoms with Crippen LogP contribution in [0, 0.1) is 5.41 Å². The van der Waals surface area contributed by atoms with Gasteiger partial charge in [-0.1, -0.05) is 18.2 Å². The van der Waals surface area contributed by atoms with Crippen molar-refractivity contribution in [3.8, 4) is 11.3 Å². The van der Waals surface area contributed by atoms with Gasteiger partial charge in [-0.25, -0.2) is 9.89 Å². The lowest BCUT2D eigenvalue weighted by atomic mass is 10.1. The van der Waals surface area contributed by atoms with Crippen molar-refractivity contribution in [1.29, 1.82) is 5.41 Å². The molecule has 4 aromatic rings. The molecule has 0 aliphatic rings. The van der Waals surface area contributed by atoms with E-state index in [9.17, 15) is 9.59 Å². The van der Waals surface area contributed by atoms with Gasteiger partial charge in [-0.3, -0.25) is 10.2 Å². The van der Waals surface area contributed by atoms with Gasteiger partial charge in [0, 0.05) is 40.3 Å². The number of nitrogen functional groups attached to an aromatic ring is 1. The molecule has 2 heterocycles. The standard InChI is InChI=1S/C21H19N7O2/c22-19(23)16-10-25-17-6-1-12(9-15(16)17)7-8-24-20(29)14-4-2-13(3-5-14)18-11-26-21(30)28-27-18/h1-6,9-11,25H,7-8H2,(H3,22,23)(H,24,29)(H,26,28,30). The van der Waals surface area contributed by atoms with Gasteiger partial charge in [0.25, 0.3) is 5.91 Å². The Kier molecular flexibility index (Phi) is 5.08. The first-order valence-corrected chi connectivity index (χ1v) is 9.26. The van der Waals surface area contributed by atoms with Crippen molar-refractivity contribution in [3.05, 3.63) is 82.0 Å². The van der Waals surface area contributed by atoms with Gasteiger partial charge in [-0.2, -0.15) is 10.1 Å². The molecule has 1 amide bonds. The van der Waals surface area contributed by atoms with Crippen LogP contribution in [0.15, 0.2) is 59.7 Å². The van der Waals surface area contributed by atoms with E-state index in [0.717, 1.165) is 22.0 Å². The number of amides is 1. The Balaban J connectivity index is 1.38. The third-order valence-electron chi connectivity index (χ3n) is 4.75. The van der Waals surface area contributed by atoms with E-state index in [4.69, 9.17) is 11.1 Å². The Bertz CT molecular complexity index is 1270. The van der Waals surface area contributed by atoms with E-state index < -0.39 is 5.69 Å². The van der Waals surface area contributed by atoms with Crippen molar-refractivity contribution in [2.45, 2.75) is 6.42 Å². The highest BCUT2D eigenvalue weighted by molar-refractivity contribution is 6.07. The molecule has 0 unspecified atom stereocenters. The third-order valence-corrected chi connectivity index (χ3v) is 4.75. The molecule has 0 saturated heterocycles. The number of rotatable bonds is 6. The number of aromatic amines is 2. The highest BCUT2D eigenvalue weighted by Gasteiger charge is 2.09. The minimum Gasteiger partial charge on any atom is -0.384 e. The molecular weight excluding hydrogens is 382 g/mol. The third kappa shape index (κ3) is 3.95. The zero-order valence-corrected chi connectivity index (χ0v) is 15.9. The molecule has 0 atom stereocenters. The Morgan fingerprint density at radius 2 is 1.97 bits per heavy atom. The van der Waals surface area contributed by atoms with E-state index in [1.807, 2.05) is 18.2 Å². The first-order valence-electron chi connectivity index (χ1n) is 9.26. The van der Waals surface area contributed by atoms with Crippen LogP contribution in [0.25, 0.3) is 22.2 Å². The van der Waals surface area contributed by atoms with Crippen LogP contribution in [-0.4, -0.2) is 38.5 Å². The summed E-state index contributed by atoms with van der Waals surface area (Å²) in [4.78, 5) is 30.1. The molecule has 0 spiro atoms. The van der Waals surface area contributed by atoms with Gasteiger partial charge >= 0.3 is 5.69 Å². The maximum Gasteiger partial charge on any atom is 0.361 e. The monoisotopic (exact) mass is 401 g/mol. The number of H-pyrrole nitrogens is 2. The van der Waals surface area contributed by atoms with Crippen molar-refractivity contribution >= 4 is 22.6 Å². The lowest BCUT2D eigenvalue weighted by Crippen LogP contribution is -2.25. The topological polar surface area (TPSA) is 153 Å². The average molecular weight is 401 g/mol. The smallest absolute Gasteiger partial charge is 0.361 e. The summed E-state index contributed by atoms with van der Waals surface area (Å²) in [5.74, 6) is -0.163. The van der Waals surface area contributed by atoms with E-state index in [-0.39, 0.29) is 11.7 Å². The van der Waals surface area contributed by atoms with Gasteiger partial charge < -0.3 is 16.0 Å². The molecule has 2 aromatic carbocycles. The summed E-state index contributed by atoms with van der Waals surface area (Å²) in [6.45, 7) is 0.470. The molecule has 30 heavy (non-hydrogen) atoms. The summed E-state index contributed by atoms with van der Waals surface area (Å²) < 4.78 is 0. The predicted octanol–water partition coefficient (Wildman–Crippen LogP) is 1.57. The fourth-order valence-corrected chi connectivity index (χ4v) is 3.19. The second kappa shape index (κ2) is 8.00. The van der Waals surface area contributed by atoms with Crippen molar-refractivity contribution in [1.82, 2.24) is 25.5 Å². The van der Waals surface area contributed by atoms with Crippen LogP contribution >= 0.6 is 0 Å². The van der Waals surface area contributed by atoms with Crippen LogP contribution in [0.2, 0.25) is 0 Å². The Labute approximate surface area is 170 Å². The Morgan fingerprint density at radius 3 is 2.67 bits per heavy atom. The maximum absolute atomic E-state index is 12.4. The molecule has 4 rings (SSSR count). The van der Waals surface area contributed by atoms with E-state index in [2.05, 4.69) is 25.5 Å². The molecule has 0 aliphatic carbocycles. The van der Waals surface area contributed by atoms with Crippen molar-refractivity contribution in [2.75, 3.05) is 6.54 Å². The summed E-state index contributed by atoms with van der Waals surface area (Å²) in [6, 6.07) is 12.8. The molecule has 0 radical (unpaired) electrons. The normalized spacial score (nSPS) is 10.8. The number of aromatic nitrogens is 4. The number of nitrogens with zero attached hydrogens (tertiary/aromatic N) is 2. The molecule has 0 aliphatic heterocycles. The number of hydrogen-bond donors (Lipinski definition) is 5. The van der Waals surface area contributed by atoms with E-state index in [1.54, 1.807) is 30.5 Å². The highest BCUT2D eigenvalue weighted by Crippen LogP contribution is 2.20. The highest BCUT2D eigenvalue weighted by atomic mass is 16.2. The molecule has 0 saturated carbocycles. The Hall–Kier alpha value is -4.27. The number of carbonyl (C=O) groups is 1. The molecule has 150 valence electrons. The lowest BCUT2D eigenvalue weighted by Gasteiger charge is -2.07. The molecule has 9 heteroatoms. The second-order valence-electron chi connectivity index (χ2n) is 6.75. The summed E-state index contributed by atoms with van der Waals surface area (Å²) >= 11 is 0. The van der Waals surface area contributed by atoms with Gasteiger partial charge in [0.05, 0.1) is 6.20 Å². The summed E-state index contributed by atoms with van der Waals surface area (Å²) in [7, 11) is 0. The SMILES string of the molecule is N=C(N)c1c[nH]c2ccc(CCNC(=O)c3ccc(-c4cnc(=O)[nH]n4)cc3)cc12. The van der Waals surface area contributed by atoms with Gasteiger partial charge in [-0.05, 0) is 36.2 Å². The fraction of sp³-hybridized carbons (Fsp3) is 0.0952. The maximum atomic E-state index is 12.4. The number of amidine groups is 1. The number of nitrogens with one attached hydrogen (secondary N) is 4. The van der Waals surface area contributed by atoms with Crippen molar-refractivity contribution in [3.63, 3.8) is 0 Å². The zero-order valence-electron chi connectivity index (χ0n) is 15.9. The average Bonchev–Trinajstić information content (AvgIpc) is 3.18. The molecule has 9 nitrogen and oxygen atoms in total. The predicted molar refractivity (Wildman–Crippen MR) is 113 cm³/mol. The zero-order chi connectivity index (χ0) is 21.1. The van der Waals surface area contributed by atoms with Gasteiger partial charge in [0.15, 0.2) is 0 Å². The molecule has 2 aromatic heterocycles. The minimum absolute atomic E-state index is 0.0167. The largest absolute Gasteiger partial charge is 0.384 e. The molecular formula is C21H19N7O2. The quantitative estimate of drug-likeness (QED) is 0.245. The first kappa shape index (κ1) is 19.1. The lowest BCUT2D eigenvalue weighted by molar-refractivity contribution is 0.0954. The van der Waals surface area contributed by atoms with Crippen molar-refractivity contribution in [2.24, 2.45) is 5.73 Å². The van der Waals surface area contributed by atoms with E-state index >= 15 is 0 Å². The van der Waals surface area contributed by atoms with Gasteiger partial charge in [0.2, 0.25) is 0 Å². The van der Waals surface area contributed by atoms with Crippen LogP contribution in [0.5, 0.6) is 0 Å². The van der Waals surface area contributed by atoms with E-state index in [0.29, 0.717) is 29.8 Å². The summed E-state index contributed by atoms with van der Waals surface area (Å²) in [5, 5.41) is 17.6. The van der Waals surface area contributed by atoms with Crippen LogP contribution in [0.1, 0.15) is 21.5 Å². The molecule has 0 fully saturated rings. The first-order chi connectivity index (χ1) is 14.5. The number of carbonyl (C=O) groups excluding carboxylic acids is 1. The molecule has 6 N–H and O–H groups in total. The minimum atomic E-state index is -0.511. The van der Waals surface area contributed by atoms with Crippen LogP contribution < -0.4 is 16.7 Å². The number of hydrogen-bond acceptors (Lipinski definition) is 5. The van der Waals surface area contributed by atoms with Gasteiger partial charge in [0.1, 0.15) is 11.5 Å². The fourth-order valence-electron chi connectivity index (χ4n) is 3.19. The van der Waals surface area contributed by atoms with Crippen LogP contribution in [0.3, 0.4) is 0 Å². The second-order valence-corrected chi connectivity index (χ2v) is 6.75. The number of benzene rings is 2. The van der Waals surface area contributed by atoms with Crippen LogP contribution in [-0.2, 0) is 6.42 Å².